The van der Waals surface area contributed by atoms with Gasteiger partial charge in [-0.3, -0.25) is 0 Å². The van der Waals surface area contributed by atoms with E-state index in [-0.39, 0.29) is 11.1 Å². The highest BCUT2D eigenvalue weighted by Gasteiger charge is 2.38. The Labute approximate surface area is 63.2 Å². The average Bonchev–Trinajstić information content (AvgIpc) is 2.43. The maximum atomic E-state index is 5.89. The van der Waals surface area contributed by atoms with Gasteiger partial charge in [0, 0.05) is 17.6 Å². The minimum Gasteiger partial charge on any atom is -0.324 e. The minimum absolute atomic E-state index is 0.146. The molecule has 0 unspecified atom stereocenters. The van der Waals surface area contributed by atoms with Crippen LogP contribution in [0.2, 0.25) is 0 Å². The Hall–Kier alpha value is -0.0800. The van der Waals surface area contributed by atoms with Crippen LogP contribution in [0.4, 0.5) is 0 Å². The van der Waals surface area contributed by atoms with Gasteiger partial charge in [-0.15, -0.1) is 0 Å². The van der Waals surface area contributed by atoms with Crippen LogP contribution < -0.4 is 11.1 Å². The third kappa shape index (κ3) is 2.67. The molecule has 0 amide bonds. The van der Waals surface area contributed by atoms with Gasteiger partial charge in [0.15, 0.2) is 0 Å². The Bertz CT molecular complexity index is 114. The normalized spacial score (nSPS) is 22.8. The summed E-state index contributed by atoms with van der Waals surface area (Å²) in [5.74, 6) is 0. The summed E-state index contributed by atoms with van der Waals surface area (Å²) in [6.07, 6.45) is 2.38. The van der Waals surface area contributed by atoms with Crippen molar-refractivity contribution in [3.63, 3.8) is 0 Å². The summed E-state index contributed by atoms with van der Waals surface area (Å²) in [6.45, 7) is 7.46. The summed E-state index contributed by atoms with van der Waals surface area (Å²) in [6, 6.07) is 0. The van der Waals surface area contributed by atoms with E-state index in [1.807, 2.05) is 0 Å². The van der Waals surface area contributed by atoms with Gasteiger partial charge in [-0.2, -0.15) is 0 Å². The van der Waals surface area contributed by atoms with Crippen molar-refractivity contribution in [3.05, 3.63) is 0 Å². The monoisotopic (exact) mass is 142 g/mol. The molecule has 1 aliphatic rings. The van der Waals surface area contributed by atoms with Gasteiger partial charge in [0.05, 0.1) is 0 Å². The van der Waals surface area contributed by atoms with Crippen LogP contribution in [0, 0.1) is 0 Å². The lowest BCUT2D eigenvalue weighted by Gasteiger charge is -2.22. The largest absolute Gasteiger partial charge is 0.324 e. The van der Waals surface area contributed by atoms with Crippen LogP contribution in [-0.4, -0.2) is 17.6 Å². The van der Waals surface area contributed by atoms with E-state index in [1.54, 1.807) is 0 Å². The molecule has 2 heteroatoms. The SMILES string of the molecule is CC(C)(C)NCC1(N)CC1. The lowest BCUT2D eigenvalue weighted by Crippen LogP contribution is -2.45. The average molecular weight is 142 g/mol. The van der Waals surface area contributed by atoms with Crippen molar-refractivity contribution >= 4 is 0 Å². The molecule has 0 spiro atoms. The molecule has 10 heavy (non-hydrogen) atoms. The standard InChI is InChI=1S/C8H18N2/c1-7(2,3)10-6-8(9)4-5-8/h10H,4-6,9H2,1-3H3. The van der Waals surface area contributed by atoms with E-state index in [1.165, 1.54) is 12.8 Å². The fourth-order valence-corrected chi connectivity index (χ4v) is 0.779. The molecule has 0 aromatic carbocycles. The van der Waals surface area contributed by atoms with Crippen molar-refractivity contribution in [2.45, 2.75) is 44.7 Å². The number of hydrogen-bond donors (Lipinski definition) is 2. The van der Waals surface area contributed by atoms with E-state index in [4.69, 9.17) is 5.73 Å². The van der Waals surface area contributed by atoms with E-state index in [9.17, 15) is 0 Å². The highest BCUT2D eigenvalue weighted by Crippen LogP contribution is 2.31. The quantitative estimate of drug-likeness (QED) is 0.600. The van der Waals surface area contributed by atoms with Crippen LogP contribution >= 0.6 is 0 Å². The second-order valence-corrected chi connectivity index (χ2v) is 4.47. The van der Waals surface area contributed by atoms with Crippen molar-refractivity contribution in [3.8, 4) is 0 Å². The van der Waals surface area contributed by atoms with E-state index in [0.717, 1.165) is 6.54 Å². The Morgan fingerprint density at radius 1 is 1.40 bits per heavy atom. The molecule has 60 valence electrons. The van der Waals surface area contributed by atoms with E-state index in [2.05, 4.69) is 26.1 Å². The van der Waals surface area contributed by atoms with Gasteiger partial charge in [-0.05, 0) is 33.6 Å². The van der Waals surface area contributed by atoms with Gasteiger partial charge in [0.25, 0.3) is 0 Å². The zero-order valence-corrected chi connectivity index (χ0v) is 7.20. The summed E-state index contributed by atoms with van der Waals surface area (Å²) >= 11 is 0. The first-order valence-corrected chi connectivity index (χ1v) is 3.95. The summed E-state index contributed by atoms with van der Waals surface area (Å²) in [4.78, 5) is 0. The topological polar surface area (TPSA) is 38.0 Å². The van der Waals surface area contributed by atoms with Gasteiger partial charge < -0.3 is 11.1 Å². The molecule has 2 nitrogen and oxygen atoms in total. The van der Waals surface area contributed by atoms with Crippen LogP contribution in [0.25, 0.3) is 0 Å². The molecule has 0 aliphatic heterocycles. The smallest absolute Gasteiger partial charge is 0.0282 e. The van der Waals surface area contributed by atoms with Gasteiger partial charge in [0.2, 0.25) is 0 Å². The lowest BCUT2D eigenvalue weighted by atomic mass is 10.1. The maximum Gasteiger partial charge on any atom is 0.0282 e. The Morgan fingerprint density at radius 3 is 2.20 bits per heavy atom. The van der Waals surface area contributed by atoms with Gasteiger partial charge in [-0.1, -0.05) is 0 Å². The Kier molecular flexibility index (Phi) is 1.77. The van der Waals surface area contributed by atoms with E-state index >= 15 is 0 Å². The van der Waals surface area contributed by atoms with Crippen molar-refractivity contribution in [2.75, 3.05) is 6.54 Å². The highest BCUT2D eigenvalue weighted by molar-refractivity contribution is 5.01. The molecule has 1 aliphatic carbocycles. The first-order chi connectivity index (χ1) is 4.41. The second kappa shape index (κ2) is 2.21. The third-order valence-electron chi connectivity index (χ3n) is 1.86. The van der Waals surface area contributed by atoms with Crippen LogP contribution in [0.1, 0.15) is 33.6 Å². The Balaban J connectivity index is 2.17. The summed E-state index contributed by atoms with van der Waals surface area (Å²) in [5, 5.41) is 3.40. The van der Waals surface area contributed by atoms with E-state index in [0.29, 0.717) is 0 Å². The van der Waals surface area contributed by atoms with Crippen LogP contribution in [0.15, 0.2) is 0 Å². The zero-order valence-electron chi connectivity index (χ0n) is 7.20. The maximum absolute atomic E-state index is 5.89. The molecule has 1 rings (SSSR count). The van der Waals surface area contributed by atoms with Crippen molar-refractivity contribution < 1.29 is 0 Å². The molecule has 0 bridgehead atoms. The van der Waals surface area contributed by atoms with Gasteiger partial charge in [0.1, 0.15) is 0 Å². The predicted octanol–water partition coefficient (Wildman–Crippen LogP) is 0.866. The molecule has 3 N–H and O–H groups in total. The molecule has 1 saturated carbocycles. The molecule has 0 radical (unpaired) electrons. The molecular weight excluding hydrogens is 124 g/mol. The molecule has 0 heterocycles. The molecular formula is C8H18N2. The van der Waals surface area contributed by atoms with Crippen LogP contribution in [0.5, 0.6) is 0 Å². The fourth-order valence-electron chi connectivity index (χ4n) is 0.779. The lowest BCUT2D eigenvalue weighted by molar-refractivity contribution is 0.400. The van der Waals surface area contributed by atoms with Crippen molar-refractivity contribution in [2.24, 2.45) is 5.73 Å². The van der Waals surface area contributed by atoms with Crippen LogP contribution in [-0.2, 0) is 0 Å². The van der Waals surface area contributed by atoms with Crippen molar-refractivity contribution in [1.29, 1.82) is 0 Å². The van der Waals surface area contributed by atoms with Crippen molar-refractivity contribution in [1.82, 2.24) is 5.32 Å². The molecule has 0 aromatic rings. The molecule has 1 fully saturated rings. The molecule has 0 aromatic heterocycles. The Morgan fingerprint density at radius 2 is 1.90 bits per heavy atom. The predicted molar refractivity (Wildman–Crippen MR) is 43.9 cm³/mol. The number of nitrogens with two attached hydrogens (primary N) is 1. The fraction of sp³-hybridized carbons (Fsp3) is 1.00. The summed E-state index contributed by atoms with van der Waals surface area (Å²) < 4.78 is 0. The number of nitrogens with one attached hydrogen (secondary N) is 1. The minimum atomic E-state index is 0.146. The van der Waals surface area contributed by atoms with Crippen LogP contribution in [0.3, 0.4) is 0 Å². The first-order valence-electron chi connectivity index (χ1n) is 3.95. The second-order valence-electron chi connectivity index (χ2n) is 4.47. The van der Waals surface area contributed by atoms with Gasteiger partial charge in [-0.25, -0.2) is 0 Å². The molecule has 0 atom stereocenters. The third-order valence-corrected chi connectivity index (χ3v) is 1.86. The number of rotatable bonds is 2. The van der Waals surface area contributed by atoms with E-state index < -0.39 is 0 Å². The molecule has 0 saturated heterocycles. The first kappa shape index (κ1) is 8.02. The summed E-state index contributed by atoms with van der Waals surface area (Å²) in [7, 11) is 0. The zero-order chi connectivity index (χ0) is 7.83. The van der Waals surface area contributed by atoms with Gasteiger partial charge >= 0.3 is 0 Å². The number of hydrogen-bond acceptors (Lipinski definition) is 2. The highest BCUT2D eigenvalue weighted by atomic mass is 15.0. The summed E-state index contributed by atoms with van der Waals surface area (Å²) in [5.41, 5.74) is 6.25.